The second kappa shape index (κ2) is 8.05. The molecule has 0 radical (unpaired) electrons. The Morgan fingerprint density at radius 2 is 2.15 bits per heavy atom. The third kappa shape index (κ3) is 9.34. The average Bonchev–Trinajstić information content (AvgIpc) is 2.04. The van der Waals surface area contributed by atoms with Gasteiger partial charge in [0.1, 0.15) is 0 Å². The van der Waals surface area contributed by atoms with Gasteiger partial charge < -0.3 is 9.84 Å². The lowest BCUT2D eigenvalue weighted by atomic mass is 10.2. The standard InChI is InChI=1S/C10H20O3/c1-3-4-8-13-9(2)6-5-7-10(11)12/h9H,3-8H2,1-2H3,(H,11,12). The number of carbonyl (C=O) groups is 1. The van der Waals surface area contributed by atoms with Crippen LogP contribution < -0.4 is 0 Å². The third-order valence-corrected chi connectivity index (χ3v) is 1.90. The molecule has 0 aliphatic heterocycles. The van der Waals surface area contributed by atoms with Crippen LogP contribution in [0.1, 0.15) is 46.0 Å². The Kier molecular flexibility index (Phi) is 7.69. The average molecular weight is 188 g/mol. The number of ether oxygens (including phenoxy) is 1. The van der Waals surface area contributed by atoms with Gasteiger partial charge in [0, 0.05) is 13.0 Å². The zero-order valence-corrected chi connectivity index (χ0v) is 8.58. The van der Waals surface area contributed by atoms with Crippen LogP contribution in [0.2, 0.25) is 0 Å². The Morgan fingerprint density at radius 3 is 2.69 bits per heavy atom. The Bertz CT molecular complexity index is 134. The number of unbranched alkanes of at least 4 members (excludes halogenated alkanes) is 1. The number of hydrogen-bond donors (Lipinski definition) is 1. The maximum Gasteiger partial charge on any atom is 0.303 e. The van der Waals surface area contributed by atoms with Crippen molar-refractivity contribution in [2.24, 2.45) is 0 Å². The highest BCUT2D eigenvalue weighted by Crippen LogP contribution is 2.05. The van der Waals surface area contributed by atoms with E-state index in [0.717, 1.165) is 25.9 Å². The van der Waals surface area contributed by atoms with E-state index >= 15 is 0 Å². The monoisotopic (exact) mass is 188 g/mol. The number of carboxylic acids is 1. The van der Waals surface area contributed by atoms with E-state index in [-0.39, 0.29) is 12.5 Å². The van der Waals surface area contributed by atoms with Gasteiger partial charge in [0.2, 0.25) is 0 Å². The van der Waals surface area contributed by atoms with Gasteiger partial charge in [0.25, 0.3) is 0 Å². The first-order valence-electron chi connectivity index (χ1n) is 5.00. The lowest BCUT2D eigenvalue weighted by Gasteiger charge is -2.11. The Labute approximate surface area is 80.1 Å². The van der Waals surface area contributed by atoms with Crippen molar-refractivity contribution in [1.29, 1.82) is 0 Å². The molecule has 3 heteroatoms. The van der Waals surface area contributed by atoms with Gasteiger partial charge in [-0.3, -0.25) is 4.79 Å². The van der Waals surface area contributed by atoms with Gasteiger partial charge in [-0.25, -0.2) is 0 Å². The van der Waals surface area contributed by atoms with Crippen molar-refractivity contribution in [1.82, 2.24) is 0 Å². The second-order valence-electron chi connectivity index (χ2n) is 3.32. The van der Waals surface area contributed by atoms with Crippen molar-refractivity contribution in [3.8, 4) is 0 Å². The lowest BCUT2D eigenvalue weighted by Crippen LogP contribution is -2.09. The van der Waals surface area contributed by atoms with E-state index in [9.17, 15) is 4.79 Å². The topological polar surface area (TPSA) is 46.5 Å². The van der Waals surface area contributed by atoms with Gasteiger partial charge >= 0.3 is 5.97 Å². The molecular weight excluding hydrogens is 168 g/mol. The largest absolute Gasteiger partial charge is 0.481 e. The van der Waals surface area contributed by atoms with Crippen molar-refractivity contribution < 1.29 is 14.6 Å². The normalized spacial score (nSPS) is 12.8. The van der Waals surface area contributed by atoms with E-state index < -0.39 is 5.97 Å². The fraction of sp³-hybridized carbons (Fsp3) is 0.900. The SMILES string of the molecule is CCCCOC(C)CCCC(=O)O. The van der Waals surface area contributed by atoms with Crippen LogP contribution in [0.5, 0.6) is 0 Å². The summed E-state index contributed by atoms with van der Waals surface area (Å²) in [5, 5.41) is 8.40. The molecule has 0 saturated heterocycles. The number of aliphatic carboxylic acids is 1. The molecule has 0 bridgehead atoms. The molecule has 0 aromatic heterocycles. The van der Waals surface area contributed by atoms with Gasteiger partial charge in [-0.1, -0.05) is 13.3 Å². The van der Waals surface area contributed by atoms with Gasteiger partial charge in [0.15, 0.2) is 0 Å². The molecule has 0 fully saturated rings. The van der Waals surface area contributed by atoms with E-state index in [1.54, 1.807) is 0 Å². The van der Waals surface area contributed by atoms with Crippen molar-refractivity contribution in [3.63, 3.8) is 0 Å². The molecule has 0 spiro atoms. The summed E-state index contributed by atoms with van der Waals surface area (Å²) in [6.07, 6.45) is 4.23. The number of rotatable bonds is 8. The van der Waals surface area contributed by atoms with Crippen LogP contribution >= 0.6 is 0 Å². The zero-order chi connectivity index (χ0) is 10.1. The van der Waals surface area contributed by atoms with Crippen LogP contribution in [-0.2, 0) is 9.53 Å². The highest BCUT2D eigenvalue weighted by Gasteiger charge is 2.03. The van der Waals surface area contributed by atoms with Crippen molar-refractivity contribution in [3.05, 3.63) is 0 Å². The van der Waals surface area contributed by atoms with Crippen LogP contribution in [0, 0.1) is 0 Å². The maximum atomic E-state index is 10.2. The molecular formula is C10H20O3. The Balaban J connectivity index is 3.19. The molecule has 0 saturated carbocycles. The molecule has 1 unspecified atom stereocenters. The van der Waals surface area contributed by atoms with E-state index in [2.05, 4.69) is 6.92 Å². The highest BCUT2D eigenvalue weighted by atomic mass is 16.5. The molecule has 0 rings (SSSR count). The fourth-order valence-corrected chi connectivity index (χ4v) is 1.05. The molecule has 0 amide bonds. The highest BCUT2D eigenvalue weighted by molar-refractivity contribution is 5.66. The molecule has 0 aliphatic rings. The predicted molar refractivity (Wildman–Crippen MR) is 51.8 cm³/mol. The van der Waals surface area contributed by atoms with E-state index in [1.165, 1.54) is 0 Å². The van der Waals surface area contributed by atoms with Crippen molar-refractivity contribution >= 4 is 5.97 Å². The molecule has 78 valence electrons. The molecule has 13 heavy (non-hydrogen) atoms. The van der Waals surface area contributed by atoms with Gasteiger partial charge in [-0.05, 0) is 26.2 Å². The molecule has 3 nitrogen and oxygen atoms in total. The number of hydrogen-bond acceptors (Lipinski definition) is 2. The van der Waals surface area contributed by atoms with Gasteiger partial charge in [-0.15, -0.1) is 0 Å². The van der Waals surface area contributed by atoms with Crippen LogP contribution in [-0.4, -0.2) is 23.8 Å². The van der Waals surface area contributed by atoms with Gasteiger partial charge in [-0.2, -0.15) is 0 Å². The second-order valence-corrected chi connectivity index (χ2v) is 3.32. The quantitative estimate of drug-likeness (QED) is 0.595. The molecule has 1 N–H and O–H groups in total. The van der Waals surface area contributed by atoms with Crippen LogP contribution in [0.3, 0.4) is 0 Å². The first-order valence-corrected chi connectivity index (χ1v) is 5.00. The summed E-state index contributed by atoms with van der Waals surface area (Å²) >= 11 is 0. The van der Waals surface area contributed by atoms with E-state index in [0.29, 0.717) is 6.42 Å². The van der Waals surface area contributed by atoms with Crippen LogP contribution in [0.25, 0.3) is 0 Å². The minimum Gasteiger partial charge on any atom is -0.481 e. The van der Waals surface area contributed by atoms with E-state index in [4.69, 9.17) is 9.84 Å². The number of carboxylic acid groups (broad SMARTS) is 1. The summed E-state index contributed by atoms with van der Waals surface area (Å²) in [5.74, 6) is -0.722. The predicted octanol–water partition coefficient (Wildman–Crippen LogP) is 2.45. The molecule has 0 heterocycles. The minimum atomic E-state index is -0.722. The zero-order valence-electron chi connectivity index (χ0n) is 8.58. The fourth-order valence-electron chi connectivity index (χ4n) is 1.05. The maximum absolute atomic E-state index is 10.2. The van der Waals surface area contributed by atoms with Crippen molar-refractivity contribution in [2.45, 2.75) is 52.1 Å². The lowest BCUT2D eigenvalue weighted by molar-refractivity contribution is -0.137. The Hall–Kier alpha value is -0.570. The summed E-state index contributed by atoms with van der Waals surface area (Å²) in [7, 11) is 0. The van der Waals surface area contributed by atoms with Crippen molar-refractivity contribution in [2.75, 3.05) is 6.61 Å². The third-order valence-electron chi connectivity index (χ3n) is 1.90. The molecule has 0 aliphatic carbocycles. The first-order chi connectivity index (χ1) is 6.16. The van der Waals surface area contributed by atoms with Crippen LogP contribution in [0.15, 0.2) is 0 Å². The van der Waals surface area contributed by atoms with E-state index in [1.807, 2.05) is 6.92 Å². The summed E-state index contributed by atoms with van der Waals surface area (Å²) in [5.41, 5.74) is 0. The minimum absolute atomic E-state index is 0.200. The molecule has 1 atom stereocenters. The van der Waals surface area contributed by atoms with Crippen LogP contribution in [0.4, 0.5) is 0 Å². The molecule has 0 aromatic carbocycles. The Morgan fingerprint density at radius 1 is 1.46 bits per heavy atom. The summed E-state index contributed by atoms with van der Waals surface area (Å²) in [6, 6.07) is 0. The smallest absolute Gasteiger partial charge is 0.303 e. The first kappa shape index (κ1) is 12.4. The van der Waals surface area contributed by atoms with Gasteiger partial charge in [0.05, 0.1) is 6.10 Å². The summed E-state index contributed by atoms with van der Waals surface area (Å²) in [4.78, 5) is 10.2. The molecule has 0 aromatic rings. The summed E-state index contributed by atoms with van der Waals surface area (Å²) < 4.78 is 5.47. The summed E-state index contributed by atoms with van der Waals surface area (Å²) in [6.45, 7) is 4.92.